The molecule has 16 heavy (non-hydrogen) atoms. The normalized spacial score (nSPS) is 9.75. The van der Waals surface area contributed by atoms with Crippen molar-refractivity contribution in [2.75, 3.05) is 0 Å². The van der Waals surface area contributed by atoms with Crippen LogP contribution in [0.25, 0.3) is 0 Å². The van der Waals surface area contributed by atoms with Gasteiger partial charge in [0, 0.05) is 24.5 Å². The average molecular weight is 224 g/mol. The van der Waals surface area contributed by atoms with Crippen molar-refractivity contribution in [3.8, 4) is 0 Å². The molecule has 0 spiro atoms. The highest BCUT2D eigenvalue weighted by Crippen LogP contribution is 2.18. The number of hydrogen-bond acceptors (Lipinski definition) is 5. The number of carboxylic acid groups (broad SMARTS) is 2. The van der Waals surface area contributed by atoms with Crippen LogP contribution in [0.3, 0.4) is 0 Å². The first-order chi connectivity index (χ1) is 7.41. The van der Waals surface area contributed by atoms with Crippen LogP contribution in [-0.2, 0) is 11.2 Å². The van der Waals surface area contributed by atoms with Crippen molar-refractivity contribution in [1.82, 2.24) is 0 Å². The molecule has 0 saturated carbocycles. The van der Waals surface area contributed by atoms with E-state index in [0.29, 0.717) is 0 Å². The number of rotatable bonds is 4. The van der Waals surface area contributed by atoms with Gasteiger partial charge in [-0.2, -0.15) is 0 Å². The van der Waals surface area contributed by atoms with E-state index in [1.165, 1.54) is 0 Å². The second-order valence-electron chi connectivity index (χ2n) is 2.95. The van der Waals surface area contributed by atoms with Crippen molar-refractivity contribution in [2.45, 2.75) is 6.42 Å². The third-order valence-corrected chi connectivity index (χ3v) is 1.87. The summed E-state index contributed by atoms with van der Waals surface area (Å²) in [6, 6.07) is 2.96. The maximum Gasteiger partial charge on any atom is 0.336 e. The molecule has 0 aromatic heterocycles. The Morgan fingerprint density at radius 3 is 2.44 bits per heavy atom. The van der Waals surface area contributed by atoms with Crippen LogP contribution in [0.2, 0.25) is 0 Å². The minimum absolute atomic E-state index is 0.0295. The molecule has 0 aliphatic heterocycles. The number of aliphatic carboxylic acids is 1. The molecule has 1 aromatic carbocycles. The van der Waals surface area contributed by atoms with E-state index in [4.69, 9.17) is 5.11 Å². The highest BCUT2D eigenvalue weighted by Gasteiger charge is 2.15. The van der Waals surface area contributed by atoms with E-state index < -0.39 is 34.5 Å². The van der Waals surface area contributed by atoms with Gasteiger partial charge in [-0.3, -0.25) is 10.1 Å². The van der Waals surface area contributed by atoms with Gasteiger partial charge in [0.2, 0.25) is 0 Å². The summed E-state index contributed by atoms with van der Waals surface area (Å²) in [6.45, 7) is 0. The number of aromatic carboxylic acids is 1. The largest absolute Gasteiger partial charge is 0.550 e. The van der Waals surface area contributed by atoms with Crippen LogP contribution in [0.4, 0.5) is 5.69 Å². The van der Waals surface area contributed by atoms with Crippen LogP contribution in [0, 0.1) is 10.1 Å². The van der Waals surface area contributed by atoms with E-state index >= 15 is 0 Å². The number of benzene rings is 1. The number of nitrogens with zero attached hydrogens (tertiary/aromatic N) is 1. The Bertz CT molecular complexity index is 467. The number of hydrogen-bond donors (Lipinski definition) is 1. The Morgan fingerprint density at radius 2 is 2.00 bits per heavy atom. The quantitative estimate of drug-likeness (QED) is 0.547. The van der Waals surface area contributed by atoms with Gasteiger partial charge in [0.1, 0.15) is 0 Å². The van der Waals surface area contributed by atoms with Crippen molar-refractivity contribution in [3.05, 3.63) is 39.4 Å². The molecule has 0 unspecified atom stereocenters. The van der Waals surface area contributed by atoms with E-state index in [9.17, 15) is 24.8 Å². The summed E-state index contributed by atoms with van der Waals surface area (Å²) in [5, 5.41) is 29.5. The predicted molar refractivity (Wildman–Crippen MR) is 48.8 cm³/mol. The molecule has 0 saturated heterocycles. The molecule has 1 rings (SSSR count). The number of nitro groups is 1. The van der Waals surface area contributed by atoms with E-state index in [1.54, 1.807) is 0 Å². The van der Waals surface area contributed by atoms with Gasteiger partial charge in [0.15, 0.2) is 0 Å². The van der Waals surface area contributed by atoms with Crippen LogP contribution in [0.1, 0.15) is 15.9 Å². The smallest absolute Gasteiger partial charge is 0.336 e. The summed E-state index contributed by atoms with van der Waals surface area (Å²) in [5.74, 6) is -2.86. The molecule has 84 valence electrons. The Hall–Kier alpha value is -2.44. The number of nitro benzene ring substituents is 1. The summed E-state index contributed by atoms with van der Waals surface area (Å²) >= 11 is 0. The molecule has 0 heterocycles. The number of carbonyl (C=O) groups excluding carboxylic acids is 1. The van der Waals surface area contributed by atoms with E-state index in [0.717, 1.165) is 18.2 Å². The van der Waals surface area contributed by atoms with Gasteiger partial charge in [0.25, 0.3) is 5.69 Å². The minimum Gasteiger partial charge on any atom is -0.550 e. The van der Waals surface area contributed by atoms with Crippen LogP contribution in [0.15, 0.2) is 18.2 Å². The third-order valence-electron chi connectivity index (χ3n) is 1.87. The second-order valence-corrected chi connectivity index (χ2v) is 2.95. The zero-order valence-electron chi connectivity index (χ0n) is 7.87. The molecule has 0 atom stereocenters. The first kappa shape index (κ1) is 11.6. The molecule has 0 aliphatic rings. The first-order valence-corrected chi connectivity index (χ1v) is 4.12. The minimum atomic E-state index is -1.45. The highest BCUT2D eigenvalue weighted by atomic mass is 16.6. The van der Waals surface area contributed by atoms with E-state index in [1.807, 2.05) is 0 Å². The van der Waals surface area contributed by atoms with E-state index in [-0.39, 0.29) is 5.56 Å². The zero-order valence-corrected chi connectivity index (χ0v) is 7.87. The summed E-state index contributed by atoms with van der Waals surface area (Å²) in [4.78, 5) is 30.7. The number of carbonyl (C=O) groups is 2. The standard InChI is InChI=1S/C9H7NO6/c11-8(12)3-5-1-2-6(10(15)16)4-7(5)9(13)14/h1-2,4H,3H2,(H,11,12)(H,13,14)/p-1. The Balaban J connectivity index is 3.24. The lowest BCUT2D eigenvalue weighted by Crippen LogP contribution is -2.25. The van der Waals surface area contributed by atoms with Crippen LogP contribution in [0.5, 0.6) is 0 Å². The van der Waals surface area contributed by atoms with Gasteiger partial charge in [-0.15, -0.1) is 0 Å². The fourth-order valence-corrected chi connectivity index (χ4v) is 1.19. The molecule has 0 aliphatic carbocycles. The molecule has 7 nitrogen and oxygen atoms in total. The van der Waals surface area contributed by atoms with Crippen molar-refractivity contribution < 1.29 is 24.7 Å². The summed E-state index contributed by atoms with van der Waals surface area (Å²) in [6.07, 6.45) is -0.598. The van der Waals surface area contributed by atoms with Crippen LogP contribution < -0.4 is 5.11 Å². The van der Waals surface area contributed by atoms with Crippen molar-refractivity contribution >= 4 is 17.6 Å². The van der Waals surface area contributed by atoms with Gasteiger partial charge in [-0.25, -0.2) is 4.79 Å². The lowest BCUT2D eigenvalue weighted by atomic mass is 10.0. The third kappa shape index (κ3) is 2.53. The predicted octanol–water partition coefficient (Wildman–Crippen LogP) is -0.415. The molecule has 1 N–H and O–H groups in total. The Morgan fingerprint density at radius 1 is 1.38 bits per heavy atom. The van der Waals surface area contributed by atoms with Crippen LogP contribution >= 0.6 is 0 Å². The first-order valence-electron chi connectivity index (χ1n) is 4.12. The lowest BCUT2D eigenvalue weighted by Gasteiger charge is -2.06. The van der Waals surface area contributed by atoms with Gasteiger partial charge in [0.05, 0.1) is 10.5 Å². The van der Waals surface area contributed by atoms with Gasteiger partial charge in [-0.1, -0.05) is 6.07 Å². The fraction of sp³-hybridized carbons (Fsp3) is 0.111. The Labute approximate surface area is 89.1 Å². The van der Waals surface area contributed by atoms with Crippen molar-refractivity contribution in [2.24, 2.45) is 0 Å². The number of non-ortho nitro benzene ring substituents is 1. The van der Waals surface area contributed by atoms with Gasteiger partial charge in [-0.05, 0) is 5.56 Å². The second kappa shape index (κ2) is 4.39. The number of carboxylic acids is 2. The topological polar surface area (TPSA) is 121 Å². The summed E-state index contributed by atoms with van der Waals surface area (Å²) in [5.41, 5.74) is -0.837. The van der Waals surface area contributed by atoms with Gasteiger partial charge < -0.3 is 15.0 Å². The molecule has 1 aromatic rings. The average Bonchev–Trinajstić information content (AvgIpc) is 2.16. The molecule has 0 radical (unpaired) electrons. The SMILES string of the molecule is O=C([O-])Cc1ccc([N+](=O)[O-])cc1C(=O)O. The molecule has 0 fully saturated rings. The molecular formula is C9H6NO6-. The summed E-state index contributed by atoms with van der Waals surface area (Å²) in [7, 11) is 0. The van der Waals surface area contributed by atoms with Crippen molar-refractivity contribution in [1.29, 1.82) is 0 Å². The molecular weight excluding hydrogens is 218 g/mol. The summed E-state index contributed by atoms with van der Waals surface area (Å²) < 4.78 is 0. The lowest BCUT2D eigenvalue weighted by molar-refractivity contribution is -0.384. The maximum absolute atomic E-state index is 10.7. The fourth-order valence-electron chi connectivity index (χ4n) is 1.19. The van der Waals surface area contributed by atoms with E-state index in [2.05, 4.69) is 0 Å². The zero-order chi connectivity index (χ0) is 12.3. The van der Waals surface area contributed by atoms with Crippen molar-refractivity contribution in [3.63, 3.8) is 0 Å². The highest BCUT2D eigenvalue weighted by molar-refractivity contribution is 5.91. The van der Waals surface area contributed by atoms with Gasteiger partial charge >= 0.3 is 5.97 Å². The molecule has 0 amide bonds. The molecule has 7 heteroatoms. The van der Waals surface area contributed by atoms with Crippen LogP contribution in [-0.4, -0.2) is 22.0 Å². The maximum atomic E-state index is 10.7. The monoisotopic (exact) mass is 224 g/mol. The molecule has 0 bridgehead atoms. The Kier molecular flexibility index (Phi) is 3.19.